The predicted octanol–water partition coefficient (Wildman–Crippen LogP) is 2.09. The number of hydrogen-bond acceptors (Lipinski definition) is 5. The molecule has 100 valence electrons. The third-order valence-electron chi connectivity index (χ3n) is 3.28. The number of piperidine rings is 1. The van der Waals surface area contributed by atoms with Crippen LogP contribution >= 0.6 is 11.3 Å². The number of likely N-dealkylation sites (tertiary alicyclic amines) is 1. The van der Waals surface area contributed by atoms with Crippen molar-refractivity contribution in [1.82, 2.24) is 10.2 Å². The summed E-state index contributed by atoms with van der Waals surface area (Å²) in [6, 6.07) is 3.42. The zero-order valence-electron chi connectivity index (χ0n) is 10.6. The molecule has 1 aromatic heterocycles. The minimum atomic E-state index is -0.329. The molecule has 0 saturated carbocycles. The third-order valence-corrected chi connectivity index (χ3v) is 4.32. The average Bonchev–Trinajstić information content (AvgIpc) is 2.78. The Hall–Kier alpha value is -0.980. The van der Waals surface area contributed by atoms with Crippen molar-refractivity contribution in [3.63, 3.8) is 0 Å². The Kier molecular flexibility index (Phi) is 4.68. The average molecular weight is 269 g/mol. The number of hydrogen-bond donors (Lipinski definition) is 1. The highest BCUT2D eigenvalue weighted by molar-refractivity contribution is 7.15. The lowest BCUT2D eigenvalue weighted by Gasteiger charge is -2.29. The van der Waals surface area contributed by atoms with Gasteiger partial charge in [-0.25, -0.2) is 0 Å². The van der Waals surface area contributed by atoms with E-state index in [1.54, 1.807) is 6.07 Å². The van der Waals surface area contributed by atoms with Gasteiger partial charge in [-0.1, -0.05) is 11.3 Å². The summed E-state index contributed by atoms with van der Waals surface area (Å²) in [7, 11) is 2.16. The molecule has 6 heteroatoms. The molecule has 0 radical (unpaired) electrons. The summed E-state index contributed by atoms with van der Waals surface area (Å²) in [4.78, 5) is 13.6. The molecule has 1 fully saturated rings. The maximum absolute atomic E-state index is 10.6. The smallest absolute Gasteiger partial charge is 0.312 e. The van der Waals surface area contributed by atoms with Gasteiger partial charge in [-0.15, -0.1) is 0 Å². The van der Waals surface area contributed by atoms with Crippen molar-refractivity contribution in [2.45, 2.75) is 19.4 Å². The zero-order chi connectivity index (χ0) is 13.0. The molecule has 18 heavy (non-hydrogen) atoms. The van der Waals surface area contributed by atoms with Crippen molar-refractivity contribution < 1.29 is 4.92 Å². The van der Waals surface area contributed by atoms with E-state index < -0.39 is 0 Å². The van der Waals surface area contributed by atoms with Gasteiger partial charge in [0.15, 0.2) is 0 Å². The molecule has 0 bridgehead atoms. The summed E-state index contributed by atoms with van der Waals surface area (Å²) in [5.41, 5.74) is 0. The van der Waals surface area contributed by atoms with Crippen LogP contribution in [0.25, 0.3) is 0 Å². The molecule has 0 spiro atoms. The highest BCUT2D eigenvalue weighted by Gasteiger charge is 2.16. The highest BCUT2D eigenvalue weighted by atomic mass is 32.1. The molecule has 1 N–H and O–H groups in total. The van der Waals surface area contributed by atoms with Gasteiger partial charge >= 0.3 is 5.00 Å². The second-order valence-corrected chi connectivity index (χ2v) is 6.05. The summed E-state index contributed by atoms with van der Waals surface area (Å²) in [6.45, 7) is 4.08. The standard InChI is InChI=1S/C12H19N3O2S/c1-14-6-2-3-10(9-14)7-13-8-11-4-5-12(18-11)15(16)17/h4-5,10,13H,2-3,6-9H2,1H3. The van der Waals surface area contributed by atoms with Crippen LogP contribution in [-0.2, 0) is 6.54 Å². The first-order valence-corrected chi connectivity index (χ1v) is 7.09. The lowest BCUT2D eigenvalue weighted by atomic mass is 9.98. The maximum atomic E-state index is 10.6. The van der Waals surface area contributed by atoms with Crippen LogP contribution in [-0.4, -0.2) is 36.5 Å². The minimum Gasteiger partial charge on any atom is -0.312 e. The van der Waals surface area contributed by atoms with Crippen LogP contribution in [0.1, 0.15) is 17.7 Å². The van der Waals surface area contributed by atoms with Crippen LogP contribution in [0.15, 0.2) is 12.1 Å². The van der Waals surface area contributed by atoms with E-state index in [0.717, 1.165) is 24.5 Å². The van der Waals surface area contributed by atoms with Gasteiger partial charge in [0.2, 0.25) is 0 Å². The summed E-state index contributed by atoms with van der Waals surface area (Å²) < 4.78 is 0. The van der Waals surface area contributed by atoms with Gasteiger partial charge in [-0.3, -0.25) is 10.1 Å². The summed E-state index contributed by atoms with van der Waals surface area (Å²) in [6.07, 6.45) is 2.55. The van der Waals surface area contributed by atoms with E-state index in [1.807, 2.05) is 6.07 Å². The Morgan fingerprint density at radius 2 is 2.44 bits per heavy atom. The Morgan fingerprint density at radius 3 is 3.11 bits per heavy atom. The van der Waals surface area contributed by atoms with E-state index in [4.69, 9.17) is 0 Å². The van der Waals surface area contributed by atoms with E-state index in [1.165, 1.54) is 30.7 Å². The molecule has 2 heterocycles. The maximum Gasteiger partial charge on any atom is 0.324 e. The summed E-state index contributed by atoms with van der Waals surface area (Å²) >= 11 is 1.26. The van der Waals surface area contributed by atoms with Crippen LogP contribution < -0.4 is 5.32 Å². The Labute approximate surface area is 111 Å². The third kappa shape index (κ3) is 3.76. The molecule has 2 rings (SSSR count). The van der Waals surface area contributed by atoms with Gasteiger partial charge in [-0.05, 0) is 45.0 Å². The van der Waals surface area contributed by atoms with Crippen molar-refractivity contribution in [1.29, 1.82) is 0 Å². The molecule has 0 amide bonds. The lowest BCUT2D eigenvalue weighted by Crippen LogP contribution is -2.37. The normalized spacial score (nSPS) is 21.1. The van der Waals surface area contributed by atoms with Crippen LogP contribution in [0.5, 0.6) is 0 Å². The topological polar surface area (TPSA) is 58.4 Å². The fourth-order valence-electron chi connectivity index (χ4n) is 2.40. The first-order valence-electron chi connectivity index (χ1n) is 6.27. The van der Waals surface area contributed by atoms with Crippen molar-refractivity contribution in [2.75, 3.05) is 26.7 Å². The second kappa shape index (κ2) is 6.26. The van der Waals surface area contributed by atoms with E-state index in [-0.39, 0.29) is 9.92 Å². The lowest BCUT2D eigenvalue weighted by molar-refractivity contribution is -0.380. The predicted molar refractivity (Wildman–Crippen MR) is 72.9 cm³/mol. The van der Waals surface area contributed by atoms with E-state index in [2.05, 4.69) is 17.3 Å². The van der Waals surface area contributed by atoms with Crippen LogP contribution in [0.4, 0.5) is 5.00 Å². The SMILES string of the molecule is CN1CCCC(CNCc2ccc([N+](=O)[O-])s2)C1. The minimum absolute atomic E-state index is 0.226. The molecule has 1 aromatic rings. The molecular weight excluding hydrogens is 250 g/mol. The Bertz CT molecular complexity index is 408. The first kappa shape index (κ1) is 13.5. The largest absolute Gasteiger partial charge is 0.324 e. The van der Waals surface area contributed by atoms with Crippen molar-refractivity contribution in [3.05, 3.63) is 27.1 Å². The molecule has 5 nitrogen and oxygen atoms in total. The van der Waals surface area contributed by atoms with E-state index in [0.29, 0.717) is 5.92 Å². The van der Waals surface area contributed by atoms with Crippen LogP contribution in [0.3, 0.4) is 0 Å². The molecule has 1 atom stereocenters. The van der Waals surface area contributed by atoms with E-state index >= 15 is 0 Å². The molecule has 1 saturated heterocycles. The second-order valence-electron chi connectivity index (χ2n) is 4.90. The number of nitro groups is 1. The first-order chi connectivity index (χ1) is 8.65. The summed E-state index contributed by atoms with van der Waals surface area (Å²) in [5.74, 6) is 0.707. The van der Waals surface area contributed by atoms with Gasteiger partial charge in [0.1, 0.15) is 0 Å². The van der Waals surface area contributed by atoms with Gasteiger partial charge in [0, 0.05) is 24.0 Å². The Balaban J connectivity index is 1.72. The van der Waals surface area contributed by atoms with Crippen LogP contribution in [0.2, 0.25) is 0 Å². The van der Waals surface area contributed by atoms with Gasteiger partial charge in [0.25, 0.3) is 0 Å². The van der Waals surface area contributed by atoms with E-state index in [9.17, 15) is 10.1 Å². The number of rotatable bonds is 5. The zero-order valence-corrected chi connectivity index (χ0v) is 11.4. The highest BCUT2D eigenvalue weighted by Crippen LogP contribution is 2.23. The molecule has 0 aromatic carbocycles. The number of nitrogens with one attached hydrogen (secondary N) is 1. The fraction of sp³-hybridized carbons (Fsp3) is 0.667. The monoisotopic (exact) mass is 269 g/mol. The molecule has 1 unspecified atom stereocenters. The van der Waals surface area contributed by atoms with Gasteiger partial charge in [0.05, 0.1) is 4.92 Å². The van der Waals surface area contributed by atoms with Crippen molar-refractivity contribution in [2.24, 2.45) is 5.92 Å². The number of nitrogens with zero attached hydrogens (tertiary/aromatic N) is 2. The van der Waals surface area contributed by atoms with Gasteiger partial charge < -0.3 is 10.2 Å². The van der Waals surface area contributed by atoms with Crippen molar-refractivity contribution >= 4 is 16.3 Å². The van der Waals surface area contributed by atoms with Gasteiger partial charge in [-0.2, -0.15) is 0 Å². The van der Waals surface area contributed by atoms with Crippen molar-refractivity contribution in [3.8, 4) is 0 Å². The fourth-order valence-corrected chi connectivity index (χ4v) is 3.19. The molecule has 1 aliphatic rings. The van der Waals surface area contributed by atoms with Crippen LogP contribution in [0, 0.1) is 16.0 Å². The summed E-state index contributed by atoms with van der Waals surface area (Å²) in [5, 5.41) is 14.2. The quantitative estimate of drug-likeness (QED) is 0.657. The molecule has 1 aliphatic heterocycles. The molecular formula is C12H19N3O2S. The Morgan fingerprint density at radius 1 is 1.61 bits per heavy atom. The number of thiophene rings is 1. The molecule has 0 aliphatic carbocycles.